The Balaban J connectivity index is 0.00000220. The Morgan fingerprint density at radius 2 is 2.05 bits per heavy atom. The minimum atomic E-state index is -0.387. The Bertz CT molecular complexity index is 441. The maximum atomic E-state index is 12.4. The predicted molar refractivity (Wildman–Crippen MR) is 86.4 cm³/mol. The first-order valence-electron chi connectivity index (χ1n) is 7.36. The molecule has 2 rings (SSSR count). The van der Waals surface area contributed by atoms with E-state index in [1.165, 1.54) is 0 Å². The molecule has 1 amide bonds. The summed E-state index contributed by atoms with van der Waals surface area (Å²) in [6, 6.07) is 9.66. The number of halogens is 1. The molecule has 0 saturated carbocycles. The van der Waals surface area contributed by atoms with Crippen molar-refractivity contribution in [3.8, 4) is 0 Å². The number of nitrogens with zero attached hydrogens (tertiary/aromatic N) is 1. The zero-order valence-electron chi connectivity index (χ0n) is 12.7. The second-order valence-corrected chi connectivity index (χ2v) is 5.48. The van der Waals surface area contributed by atoms with Crippen LogP contribution in [0.5, 0.6) is 0 Å². The van der Waals surface area contributed by atoms with E-state index in [0.717, 1.165) is 18.4 Å². The van der Waals surface area contributed by atoms with Crippen molar-refractivity contribution < 1.29 is 9.53 Å². The lowest BCUT2D eigenvalue weighted by molar-refractivity contribution is -0.146. The average Bonchev–Trinajstić information content (AvgIpc) is 2.47. The van der Waals surface area contributed by atoms with Crippen LogP contribution in [0.25, 0.3) is 0 Å². The van der Waals surface area contributed by atoms with Gasteiger partial charge in [-0.05, 0) is 18.9 Å². The largest absolute Gasteiger partial charge is 0.367 e. The molecular weight excluding hydrogens is 288 g/mol. The number of morpholine rings is 1. The van der Waals surface area contributed by atoms with Crippen LogP contribution >= 0.6 is 12.4 Å². The Morgan fingerprint density at radius 3 is 2.67 bits per heavy atom. The van der Waals surface area contributed by atoms with Crippen LogP contribution in [0.15, 0.2) is 30.3 Å². The van der Waals surface area contributed by atoms with Crippen molar-refractivity contribution in [3.05, 3.63) is 35.9 Å². The van der Waals surface area contributed by atoms with E-state index in [2.05, 4.69) is 0 Å². The molecule has 118 valence electrons. The van der Waals surface area contributed by atoms with Gasteiger partial charge >= 0.3 is 0 Å². The van der Waals surface area contributed by atoms with E-state index in [1.807, 2.05) is 49.1 Å². The van der Waals surface area contributed by atoms with Gasteiger partial charge in [-0.2, -0.15) is 0 Å². The van der Waals surface area contributed by atoms with Gasteiger partial charge in [0.1, 0.15) is 6.10 Å². The molecule has 3 unspecified atom stereocenters. The number of carbonyl (C=O) groups is 1. The van der Waals surface area contributed by atoms with Gasteiger partial charge in [-0.25, -0.2) is 0 Å². The van der Waals surface area contributed by atoms with Gasteiger partial charge < -0.3 is 15.4 Å². The molecule has 0 radical (unpaired) electrons. The predicted octanol–water partition coefficient (Wildman–Crippen LogP) is 2.52. The van der Waals surface area contributed by atoms with Crippen LogP contribution < -0.4 is 5.73 Å². The van der Waals surface area contributed by atoms with Gasteiger partial charge in [-0.3, -0.25) is 4.79 Å². The number of carbonyl (C=O) groups excluding carboxylic acids is 1. The van der Waals surface area contributed by atoms with Crippen LogP contribution in [-0.4, -0.2) is 36.0 Å². The van der Waals surface area contributed by atoms with E-state index in [4.69, 9.17) is 10.5 Å². The molecule has 5 heteroatoms. The molecule has 0 spiro atoms. The summed E-state index contributed by atoms with van der Waals surface area (Å²) >= 11 is 0. The van der Waals surface area contributed by atoms with Gasteiger partial charge in [0.15, 0.2) is 0 Å². The van der Waals surface area contributed by atoms with Crippen molar-refractivity contribution >= 4 is 18.3 Å². The fraction of sp³-hybridized carbons (Fsp3) is 0.562. The van der Waals surface area contributed by atoms with Crippen molar-refractivity contribution in [2.24, 2.45) is 5.73 Å². The lowest BCUT2D eigenvalue weighted by Gasteiger charge is -2.38. The summed E-state index contributed by atoms with van der Waals surface area (Å²) in [5.74, 6) is 0.0444. The van der Waals surface area contributed by atoms with E-state index in [-0.39, 0.29) is 36.6 Å². The molecule has 1 aliphatic rings. The SMILES string of the molecule is CCCC(N)C(=O)N1CC(C)OC(c2ccccc2)C1.Cl. The third-order valence-electron chi connectivity index (χ3n) is 3.66. The zero-order chi connectivity index (χ0) is 14.5. The van der Waals surface area contributed by atoms with Crippen LogP contribution in [-0.2, 0) is 9.53 Å². The minimum absolute atomic E-state index is 0. The number of ether oxygens (including phenoxy) is 1. The van der Waals surface area contributed by atoms with Gasteiger partial charge in [0.05, 0.1) is 18.7 Å². The highest BCUT2D eigenvalue weighted by Gasteiger charge is 2.31. The Kier molecular flexibility index (Phi) is 7.15. The van der Waals surface area contributed by atoms with Gasteiger partial charge in [-0.15, -0.1) is 12.4 Å². The lowest BCUT2D eigenvalue weighted by Crippen LogP contribution is -2.51. The van der Waals surface area contributed by atoms with Gasteiger partial charge in [-0.1, -0.05) is 43.7 Å². The van der Waals surface area contributed by atoms with Crippen molar-refractivity contribution in [2.45, 2.75) is 44.9 Å². The number of hydrogen-bond donors (Lipinski definition) is 1. The average molecular weight is 313 g/mol. The van der Waals surface area contributed by atoms with Crippen LogP contribution in [0, 0.1) is 0 Å². The highest BCUT2D eigenvalue weighted by atomic mass is 35.5. The van der Waals surface area contributed by atoms with Crippen LogP contribution in [0.1, 0.15) is 38.4 Å². The maximum Gasteiger partial charge on any atom is 0.239 e. The van der Waals surface area contributed by atoms with Gasteiger partial charge in [0, 0.05) is 6.54 Å². The smallest absolute Gasteiger partial charge is 0.239 e. The van der Waals surface area contributed by atoms with Crippen LogP contribution in [0.2, 0.25) is 0 Å². The number of amides is 1. The van der Waals surface area contributed by atoms with E-state index in [0.29, 0.717) is 13.1 Å². The van der Waals surface area contributed by atoms with E-state index >= 15 is 0 Å². The van der Waals surface area contributed by atoms with E-state index in [9.17, 15) is 4.79 Å². The summed E-state index contributed by atoms with van der Waals surface area (Å²) in [5, 5.41) is 0. The fourth-order valence-corrected chi connectivity index (χ4v) is 2.65. The highest BCUT2D eigenvalue weighted by molar-refractivity contribution is 5.85. The normalized spacial score (nSPS) is 23.3. The summed E-state index contributed by atoms with van der Waals surface area (Å²) in [6.07, 6.45) is 1.64. The topological polar surface area (TPSA) is 55.6 Å². The summed E-state index contributed by atoms with van der Waals surface area (Å²) in [4.78, 5) is 14.2. The van der Waals surface area contributed by atoms with Crippen molar-refractivity contribution in [2.75, 3.05) is 13.1 Å². The van der Waals surface area contributed by atoms with E-state index in [1.54, 1.807) is 0 Å². The number of nitrogens with two attached hydrogens (primary N) is 1. The molecule has 4 nitrogen and oxygen atoms in total. The number of rotatable bonds is 4. The van der Waals surface area contributed by atoms with Crippen molar-refractivity contribution in [1.29, 1.82) is 0 Å². The molecule has 1 saturated heterocycles. The summed E-state index contributed by atoms with van der Waals surface area (Å²) in [7, 11) is 0. The quantitative estimate of drug-likeness (QED) is 0.929. The molecular formula is C16H25ClN2O2. The Labute approximate surface area is 133 Å². The molecule has 0 bridgehead atoms. The van der Waals surface area contributed by atoms with Gasteiger partial charge in [0.2, 0.25) is 5.91 Å². The highest BCUT2D eigenvalue weighted by Crippen LogP contribution is 2.25. The molecule has 1 aliphatic heterocycles. The first kappa shape index (κ1) is 18.0. The van der Waals surface area contributed by atoms with Crippen LogP contribution in [0.3, 0.4) is 0 Å². The molecule has 1 fully saturated rings. The van der Waals surface area contributed by atoms with Gasteiger partial charge in [0.25, 0.3) is 0 Å². The minimum Gasteiger partial charge on any atom is -0.367 e. The maximum absolute atomic E-state index is 12.4. The standard InChI is InChI=1S/C16H24N2O2.ClH/c1-3-7-14(17)16(19)18-10-12(2)20-15(11-18)13-8-5-4-6-9-13;/h4-6,8-9,12,14-15H,3,7,10-11,17H2,1-2H3;1H. The molecule has 1 heterocycles. The summed E-state index contributed by atoms with van der Waals surface area (Å²) in [6.45, 7) is 5.26. The number of hydrogen-bond acceptors (Lipinski definition) is 3. The summed E-state index contributed by atoms with van der Waals surface area (Å²) in [5.41, 5.74) is 7.07. The molecule has 21 heavy (non-hydrogen) atoms. The first-order valence-corrected chi connectivity index (χ1v) is 7.36. The molecule has 1 aromatic carbocycles. The monoisotopic (exact) mass is 312 g/mol. The van der Waals surface area contributed by atoms with Crippen LogP contribution in [0.4, 0.5) is 0 Å². The Morgan fingerprint density at radius 1 is 1.38 bits per heavy atom. The third-order valence-corrected chi connectivity index (χ3v) is 3.66. The molecule has 3 atom stereocenters. The molecule has 0 aromatic heterocycles. The molecule has 2 N–H and O–H groups in total. The molecule has 0 aliphatic carbocycles. The zero-order valence-corrected chi connectivity index (χ0v) is 13.5. The molecule has 1 aromatic rings. The second-order valence-electron chi connectivity index (χ2n) is 5.48. The van der Waals surface area contributed by atoms with Crippen molar-refractivity contribution in [3.63, 3.8) is 0 Å². The third kappa shape index (κ3) is 4.70. The van der Waals surface area contributed by atoms with E-state index < -0.39 is 0 Å². The Hall–Kier alpha value is -1.10. The summed E-state index contributed by atoms with van der Waals surface area (Å²) < 4.78 is 5.96. The lowest BCUT2D eigenvalue weighted by atomic mass is 10.0. The number of benzene rings is 1. The first-order chi connectivity index (χ1) is 9.61. The fourth-order valence-electron chi connectivity index (χ4n) is 2.65. The second kappa shape index (κ2) is 8.37. The van der Waals surface area contributed by atoms with Crippen molar-refractivity contribution in [1.82, 2.24) is 4.90 Å².